The molecule has 1 heterocycles. The maximum atomic E-state index is 6.03. The van der Waals surface area contributed by atoms with Gasteiger partial charge < -0.3 is 19.8 Å². The number of fused-ring (bicyclic) bond motifs is 1. The number of aromatic nitrogens is 1. The Morgan fingerprint density at radius 3 is 2.43 bits per heavy atom. The Bertz CT molecular complexity index is 760. The number of hydrogen-bond acceptors (Lipinski definition) is 3. The van der Waals surface area contributed by atoms with Gasteiger partial charge in [-0.15, -0.1) is 0 Å². The molecule has 0 amide bonds. The Hall–Kier alpha value is -2.62. The molecule has 3 aromatic rings. The summed E-state index contributed by atoms with van der Waals surface area (Å²) in [7, 11) is 3.65. The smallest absolute Gasteiger partial charge is 0.128 e. The van der Waals surface area contributed by atoms with E-state index in [9.17, 15) is 0 Å². The first-order valence-electron chi connectivity index (χ1n) is 6.78. The van der Waals surface area contributed by atoms with E-state index in [0.717, 1.165) is 33.8 Å². The molecule has 0 spiro atoms. The third-order valence-electron chi connectivity index (χ3n) is 3.63. The molecule has 0 saturated heterocycles. The van der Waals surface area contributed by atoms with Crippen molar-refractivity contribution in [1.82, 2.24) is 4.57 Å². The molecule has 0 aliphatic heterocycles. The summed E-state index contributed by atoms with van der Waals surface area (Å²) >= 11 is 0. The van der Waals surface area contributed by atoms with Crippen molar-refractivity contribution in [3.63, 3.8) is 0 Å². The molecule has 4 nitrogen and oxygen atoms in total. The Labute approximate surface area is 123 Å². The van der Waals surface area contributed by atoms with E-state index in [4.69, 9.17) is 15.2 Å². The molecule has 0 unspecified atom stereocenters. The van der Waals surface area contributed by atoms with Crippen LogP contribution < -0.4 is 15.2 Å². The molecule has 21 heavy (non-hydrogen) atoms. The molecule has 0 aliphatic rings. The maximum Gasteiger partial charge on any atom is 0.128 e. The Balaban J connectivity index is 1.81. The largest absolute Gasteiger partial charge is 0.497 e. The number of anilines is 1. The summed E-state index contributed by atoms with van der Waals surface area (Å²) < 4.78 is 13.0. The van der Waals surface area contributed by atoms with Crippen LogP contribution in [0.25, 0.3) is 10.9 Å². The van der Waals surface area contributed by atoms with Gasteiger partial charge in [0, 0.05) is 12.4 Å². The topological polar surface area (TPSA) is 49.4 Å². The van der Waals surface area contributed by atoms with Gasteiger partial charge in [-0.3, -0.25) is 0 Å². The predicted octanol–water partition coefficient (Wildman–Crippen LogP) is 3.35. The molecule has 0 atom stereocenters. The second-order valence-electron chi connectivity index (χ2n) is 4.94. The van der Waals surface area contributed by atoms with E-state index in [0.29, 0.717) is 6.61 Å². The molecule has 3 rings (SSSR count). The molecule has 2 aromatic carbocycles. The fraction of sp³-hybridized carbons (Fsp3) is 0.176. The molecule has 0 aliphatic carbocycles. The maximum absolute atomic E-state index is 6.03. The first-order chi connectivity index (χ1) is 10.2. The van der Waals surface area contributed by atoms with Crippen molar-refractivity contribution in [3.05, 3.63) is 54.2 Å². The van der Waals surface area contributed by atoms with Gasteiger partial charge in [-0.2, -0.15) is 0 Å². The molecule has 0 saturated carbocycles. The van der Waals surface area contributed by atoms with E-state index >= 15 is 0 Å². The van der Waals surface area contributed by atoms with Crippen LogP contribution in [0.4, 0.5) is 5.69 Å². The Kier molecular flexibility index (Phi) is 3.44. The van der Waals surface area contributed by atoms with Gasteiger partial charge in [0.15, 0.2) is 0 Å². The van der Waals surface area contributed by atoms with Gasteiger partial charge >= 0.3 is 0 Å². The van der Waals surface area contributed by atoms with Crippen molar-refractivity contribution in [2.45, 2.75) is 6.61 Å². The van der Waals surface area contributed by atoms with E-state index < -0.39 is 0 Å². The first-order valence-corrected chi connectivity index (χ1v) is 6.78. The Morgan fingerprint density at radius 2 is 1.76 bits per heavy atom. The van der Waals surface area contributed by atoms with Gasteiger partial charge in [0.25, 0.3) is 0 Å². The molecule has 4 heteroatoms. The normalized spacial score (nSPS) is 10.8. The van der Waals surface area contributed by atoms with Gasteiger partial charge in [-0.25, -0.2) is 0 Å². The summed E-state index contributed by atoms with van der Waals surface area (Å²) in [6.07, 6.45) is 0. The lowest BCUT2D eigenvalue weighted by Crippen LogP contribution is -2.02. The van der Waals surface area contributed by atoms with Crippen LogP contribution in [-0.4, -0.2) is 11.7 Å². The predicted molar refractivity (Wildman–Crippen MR) is 84.7 cm³/mol. The summed E-state index contributed by atoms with van der Waals surface area (Å²) in [5.74, 6) is 1.63. The number of nitrogens with zero attached hydrogens (tertiary/aromatic N) is 1. The van der Waals surface area contributed by atoms with Crippen LogP contribution in [0, 0.1) is 0 Å². The summed E-state index contributed by atoms with van der Waals surface area (Å²) in [6.45, 7) is 0.497. The molecular weight excluding hydrogens is 264 g/mol. The second-order valence-corrected chi connectivity index (χ2v) is 4.94. The summed E-state index contributed by atoms with van der Waals surface area (Å²) in [6, 6.07) is 15.6. The molecule has 2 N–H and O–H groups in total. The van der Waals surface area contributed by atoms with Crippen LogP contribution in [-0.2, 0) is 13.7 Å². The average Bonchev–Trinajstić information content (AvgIpc) is 2.83. The fourth-order valence-corrected chi connectivity index (χ4v) is 2.47. The number of hydrogen-bond donors (Lipinski definition) is 1. The minimum absolute atomic E-state index is 0.497. The quantitative estimate of drug-likeness (QED) is 0.747. The van der Waals surface area contributed by atoms with Gasteiger partial charge in [0.1, 0.15) is 18.1 Å². The zero-order chi connectivity index (χ0) is 14.8. The van der Waals surface area contributed by atoms with Crippen molar-refractivity contribution in [2.75, 3.05) is 12.8 Å². The summed E-state index contributed by atoms with van der Waals surface area (Å²) in [4.78, 5) is 0. The van der Waals surface area contributed by atoms with E-state index in [1.54, 1.807) is 7.11 Å². The summed E-state index contributed by atoms with van der Waals surface area (Å²) in [5, 5.41) is 1.13. The minimum atomic E-state index is 0.497. The standard InChI is InChI=1S/C17H18N2O2/c1-19-13(10-12-4-3-5-16(18)17(12)19)11-21-15-8-6-14(20-2)7-9-15/h3-10H,11,18H2,1-2H3. The molecule has 0 bridgehead atoms. The number of benzene rings is 2. The lowest BCUT2D eigenvalue weighted by Gasteiger charge is -2.09. The van der Waals surface area contributed by atoms with Gasteiger partial charge in [0.05, 0.1) is 24.0 Å². The van der Waals surface area contributed by atoms with Crippen LogP contribution in [0.1, 0.15) is 5.69 Å². The highest BCUT2D eigenvalue weighted by Gasteiger charge is 2.08. The van der Waals surface area contributed by atoms with Crippen LogP contribution in [0.3, 0.4) is 0 Å². The van der Waals surface area contributed by atoms with Crippen molar-refractivity contribution in [3.8, 4) is 11.5 Å². The van der Waals surface area contributed by atoms with E-state index in [-0.39, 0.29) is 0 Å². The molecule has 0 radical (unpaired) electrons. The second kappa shape index (κ2) is 5.40. The number of ether oxygens (including phenoxy) is 2. The van der Waals surface area contributed by atoms with Gasteiger partial charge in [-0.05, 0) is 36.4 Å². The highest BCUT2D eigenvalue weighted by molar-refractivity contribution is 5.91. The highest BCUT2D eigenvalue weighted by atomic mass is 16.5. The number of aryl methyl sites for hydroxylation is 1. The molecule has 1 aromatic heterocycles. The summed E-state index contributed by atoms with van der Waals surface area (Å²) in [5.41, 5.74) is 8.95. The van der Waals surface area contributed by atoms with Crippen LogP contribution in [0.15, 0.2) is 48.5 Å². The average molecular weight is 282 g/mol. The third kappa shape index (κ3) is 2.52. The van der Waals surface area contributed by atoms with Crippen molar-refractivity contribution in [2.24, 2.45) is 7.05 Å². The molecule has 0 fully saturated rings. The zero-order valence-electron chi connectivity index (χ0n) is 12.2. The first kappa shape index (κ1) is 13.4. The van der Waals surface area contributed by atoms with Gasteiger partial charge in [0.2, 0.25) is 0 Å². The minimum Gasteiger partial charge on any atom is -0.497 e. The number of nitrogens with two attached hydrogens (primary N) is 1. The third-order valence-corrected chi connectivity index (χ3v) is 3.63. The lowest BCUT2D eigenvalue weighted by atomic mass is 10.2. The molecular formula is C17H18N2O2. The van der Waals surface area contributed by atoms with E-state index in [1.165, 1.54) is 0 Å². The van der Waals surface area contributed by atoms with Crippen molar-refractivity contribution < 1.29 is 9.47 Å². The highest BCUT2D eigenvalue weighted by Crippen LogP contribution is 2.25. The monoisotopic (exact) mass is 282 g/mol. The van der Waals surface area contributed by atoms with Gasteiger partial charge in [-0.1, -0.05) is 12.1 Å². The van der Waals surface area contributed by atoms with E-state index in [2.05, 4.69) is 16.7 Å². The number of nitrogen functional groups attached to an aromatic ring is 1. The fourth-order valence-electron chi connectivity index (χ4n) is 2.47. The van der Waals surface area contributed by atoms with Crippen molar-refractivity contribution >= 4 is 16.6 Å². The SMILES string of the molecule is COc1ccc(OCc2cc3cccc(N)c3n2C)cc1. The molecule has 108 valence electrons. The number of methoxy groups -OCH3 is 1. The lowest BCUT2D eigenvalue weighted by molar-refractivity contribution is 0.297. The number of rotatable bonds is 4. The zero-order valence-corrected chi connectivity index (χ0v) is 12.2. The van der Waals surface area contributed by atoms with Crippen LogP contribution in [0.2, 0.25) is 0 Å². The Morgan fingerprint density at radius 1 is 1.05 bits per heavy atom. The number of para-hydroxylation sites is 1. The van der Waals surface area contributed by atoms with Crippen LogP contribution >= 0.6 is 0 Å². The van der Waals surface area contributed by atoms with Crippen molar-refractivity contribution in [1.29, 1.82) is 0 Å². The van der Waals surface area contributed by atoms with Crippen LogP contribution in [0.5, 0.6) is 11.5 Å². The van der Waals surface area contributed by atoms with E-state index in [1.807, 2.05) is 43.4 Å².